The van der Waals surface area contributed by atoms with Gasteiger partial charge in [0.2, 0.25) is 0 Å². The molecule has 19 heavy (non-hydrogen) atoms. The summed E-state index contributed by atoms with van der Waals surface area (Å²) in [5, 5.41) is 8.89. The average Bonchev–Trinajstić information content (AvgIpc) is 2.39. The van der Waals surface area contributed by atoms with Gasteiger partial charge in [0.05, 0.1) is 5.69 Å². The van der Waals surface area contributed by atoms with Crippen molar-refractivity contribution in [2.45, 2.75) is 11.8 Å². The van der Waals surface area contributed by atoms with Crippen molar-refractivity contribution in [3.05, 3.63) is 56.4 Å². The highest BCUT2D eigenvalue weighted by Gasteiger charge is 2.11. The van der Waals surface area contributed by atoms with E-state index in [-0.39, 0.29) is 5.56 Å². The number of aromatic amines is 1. The van der Waals surface area contributed by atoms with Gasteiger partial charge in [-0.1, -0.05) is 12.1 Å². The lowest BCUT2D eigenvalue weighted by Gasteiger charge is -2.12. The molecule has 96 valence electrons. The van der Waals surface area contributed by atoms with Crippen LogP contribution in [-0.4, -0.2) is 15.8 Å². The van der Waals surface area contributed by atoms with Crippen molar-refractivity contribution in [1.29, 1.82) is 5.26 Å². The minimum absolute atomic E-state index is 0.0880. The maximum atomic E-state index is 11.9. The number of nitrogens with zero attached hydrogens (tertiary/aromatic N) is 2. The van der Waals surface area contributed by atoms with Gasteiger partial charge in [0.15, 0.2) is 0 Å². The Labute approximate surface area is 113 Å². The van der Waals surface area contributed by atoms with Gasteiger partial charge < -0.3 is 0 Å². The molecule has 1 aromatic heterocycles. The number of rotatable bonds is 2. The number of thioether (sulfide) groups is 1. The fraction of sp³-hybridized carbons (Fsp3) is 0.154. The first-order valence-electron chi connectivity index (χ1n) is 5.48. The van der Waals surface area contributed by atoms with E-state index in [1.807, 2.05) is 31.4 Å². The van der Waals surface area contributed by atoms with Gasteiger partial charge in [-0.3, -0.25) is 14.3 Å². The van der Waals surface area contributed by atoms with Gasteiger partial charge >= 0.3 is 5.69 Å². The third-order valence-electron chi connectivity index (χ3n) is 2.72. The summed E-state index contributed by atoms with van der Waals surface area (Å²) in [5.74, 6) is 0. The molecule has 1 heterocycles. The van der Waals surface area contributed by atoms with Crippen molar-refractivity contribution in [1.82, 2.24) is 9.55 Å². The molecule has 0 saturated carbocycles. The minimum Gasteiger partial charge on any atom is -0.273 e. The van der Waals surface area contributed by atoms with E-state index in [2.05, 4.69) is 4.98 Å². The monoisotopic (exact) mass is 273 g/mol. The highest BCUT2D eigenvalue weighted by Crippen LogP contribution is 2.25. The molecule has 2 aromatic rings. The van der Waals surface area contributed by atoms with Crippen LogP contribution in [0.1, 0.15) is 11.1 Å². The third kappa shape index (κ3) is 2.33. The number of aryl methyl sites for hydroxylation is 1. The molecule has 1 aromatic carbocycles. The lowest BCUT2D eigenvalue weighted by Crippen LogP contribution is -2.30. The molecule has 0 unspecified atom stereocenters. The summed E-state index contributed by atoms with van der Waals surface area (Å²) >= 11 is 1.50. The predicted octanol–water partition coefficient (Wildman–Crippen LogP) is 1.43. The Bertz CT molecular complexity index is 784. The Balaban J connectivity index is 2.84. The molecule has 0 aliphatic rings. The van der Waals surface area contributed by atoms with Crippen LogP contribution in [0.5, 0.6) is 0 Å². The topological polar surface area (TPSA) is 78.7 Å². The van der Waals surface area contributed by atoms with Crippen molar-refractivity contribution in [3.8, 4) is 11.8 Å². The molecule has 5 nitrogen and oxygen atoms in total. The Kier molecular flexibility index (Phi) is 3.58. The van der Waals surface area contributed by atoms with E-state index in [9.17, 15) is 9.59 Å². The summed E-state index contributed by atoms with van der Waals surface area (Å²) in [6.07, 6.45) is 3.18. The van der Waals surface area contributed by atoms with Crippen molar-refractivity contribution >= 4 is 11.8 Å². The van der Waals surface area contributed by atoms with Crippen LogP contribution in [0.2, 0.25) is 0 Å². The highest BCUT2D eigenvalue weighted by atomic mass is 32.2. The van der Waals surface area contributed by atoms with Crippen molar-refractivity contribution in [3.63, 3.8) is 0 Å². The van der Waals surface area contributed by atoms with E-state index in [1.54, 1.807) is 6.07 Å². The van der Waals surface area contributed by atoms with Gasteiger partial charge in [-0.25, -0.2) is 4.79 Å². The predicted molar refractivity (Wildman–Crippen MR) is 73.9 cm³/mol. The van der Waals surface area contributed by atoms with E-state index in [0.717, 1.165) is 10.5 Å². The fourth-order valence-electron chi connectivity index (χ4n) is 1.82. The van der Waals surface area contributed by atoms with Crippen molar-refractivity contribution < 1.29 is 0 Å². The van der Waals surface area contributed by atoms with Gasteiger partial charge in [-0.15, -0.1) is 11.8 Å². The van der Waals surface area contributed by atoms with E-state index in [1.165, 1.54) is 22.5 Å². The molecule has 0 bridgehead atoms. The average molecular weight is 273 g/mol. The van der Waals surface area contributed by atoms with Crippen LogP contribution in [-0.2, 0) is 0 Å². The van der Waals surface area contributed by atoms with E-state index in [0.29, 0.717) is 5.69 Å². The van der Waals surface area contributed by atoms with E-state index >= 15 is 0 Å². The standard InChI is InChI=1S/C13H11N3O2S/c1-8-4-3-5-10(19-2)11(8)16-7-9(6-14)12(17)15-13(16)18/h3-5,7H,1-2H3,(H,15,17,18). The van der Waals surface area contributed by atoms with Crippen molar-refractivity contribution in [2.24, 2.45) is 0 Å². The summed E-state index contributed by atoms with van der Waals surface area (Å²) in [5.41, 5.74) is 0.282. The molecular formula is C13H11N3O2S. The molecule has 6 heteroatoms. The number of para-hydroxylation sites is 1. The van der Waals surface area contributed by atoms with Crippen LogP contribution in [0.15, 0.2) is 38.9 Å². The first kappa shape index (κ1) is 13.2. The van der Waals surface area contributed by atoms with E-state index < -0.39 is 11.2 Å². The largest absolute Gasteiger partial charge is 0.333 e. The number of aromatic nitrogens is 2. The molecule has 0 spiro atoms. The summed E-state index contributed by atoms with van der Waals surface area (Å²) in [6.45, 7) is 1.87. The molecule has 0 fully saturated rings. The van der Waals surface area contributed by atoms with Gasteiger partial charge in [0, 0.05) is 11.1 Å². The molecule has 0 radical (unpaired) electrons. The van der Waals surface area contributed by atoms with Gasteiger partial charge in [-0.2, -0.15) is 5.26 Å². The van der Waals surface area contributed by atoms with Crippen LogP contribution < -0.4 is 11.2 Å². The zero-order valence-electron chi connectivity index (χ0n) is 10.4. The SMILES string of the molecule is CSc1cccc(C)c1-n1cc(C#N)c(=O)[nH]c1=O. The van der Waals surface area contributed by atoms with Crippen molar-refractivity contribution in [2.75, 3.05) is 6.26 Å². The maximum Gasteiger partial charge on any atom is 0.333 e. The molecule has 0 aliphatic heterocycles. The third-order valence-corrected chi connectivity index (χ3v) is 3.49. The lowest BCUT2D eigenvalue weighted by molar-refractivity contribution is 0.867. The quantitative estimate of drug-likeness (QED) is 0.839. The maximum absolute atomic E-state index is 11.9. The Morgan fingerprint density at radius 3 is 2.74 bits per heavy atom. The van der Waals surface area contributed by atoms with Crippen LogP contribution in [0.3, 0.4) is 0 Å². The van der Waals surface area contributed by atoms with Crippen LogP contribution in [0.25, 0.3) is 5.69 Å². The molecule has 0 amide bonds. The summed E-state index contributed by atoms with van der Waals surface area (Å²) in [4.78, 5) is 26.4. The first-order valence-corrected chi connectivity index (χ1v) is 6.71. The second-order valence-electron chi connectivity index (χ2n) is 3.91. The number of hydrogen-bond acceptors (Lipinski definition) is 4. The first-order chi connectivity index (χ1) is 9.08. The second-order valence-corrected chi connectivity index (χ2v) is 4.76. The van der Waals surface area contributed by atoms with Crippen LogP contribution >= 0.6 is 11.8 Å². The van der Waals surface area contributed by atoms with Gasteiger partial charge in [0.25, 0.3) is 5.56 Å². The minimum atomic E-state index is -0.664. The van der Waals surface area contributed by atoms with E-state index in [4.69, 9.17) is 5.26 Å². The molecule has 0 saturated heterocycles. The molecule has 2 rings (SSSR count). The van der Waals surface area contributed by atoms with Crippen LogP contribution in [0, 0.1) is 18.3 Å². The molecule has 1 N–H and O–H groups in total. The molecule has 0 atom stereocenters. The zero-order valence-corrected chi connectivity index (χ0v) is 11.2. The number of H-pyrrole nitrogens is 1. The van der Waals surface area contributed by atoms with Gasteiger partial charge in [0.1, 0.15) is 11.6 Å². The Morgan fingerprint density at radius 1 is 1.37 bits per heavy atom. The number of hydrogen-bond donors (Lipinski definition) is 1. The number of nitrogens with one attached hydrogen (secondary N) is 1. The fourth-order valence-corrected chi connectivity index (χ4v) is 2.49. The summed E-state index contributed by atoms with van der Waals surface area (Å²) in [7, 11) is 0. The Hall–Kier alpha value is -2.26. The smallest absolute Gasteiger partial charge is 0.273 e. The summed E-state index contributed by atoms with van der Waals surface area (Å²) in [6, 6.07) is 7.43. The number of benzene rings is 1. The molecular weight excluding hydrogens is 262 g/mol. The lowest BCUT2D eigenvalue weighted by atomic mass is 10.2. The number of nitriles is 1. The highest BCUT2D eigenvalue weighted by molar-refractivity contribution is 7.98. The van der Waals surface area contributed by atoms with Crippen LogP contribution in [0.4, 0.5) is 0 Å². The Morgan fingerprint density at radius 2 is 2.11 bits per heavy atom. The normalized spacial score (nSPS) is 10.2. The second kappa shape index (κ2) is 5.16. The molecule has 0 aliphatic carbocycles. The summed E-state index contributed by atoms with van der Waals surface area (Å²) < 4.78 is 1.31. The zero-order chi connectivity index (χ0) is 14.0. The van der Waals surface area contributed by atoms with Gasteiger partial charge in [-0.05, 0) is 24.8 Å².